The van der Waals surface area contributed by atoms with Gasteiger partial charge < -0.3 is 4.90 Å². The number of anilines is 2. The Morgan fingerprint density at radius 1 is 0.889 bits per heavy atom. The van der Waals surface area contributed by atoms with E-state index >= 15 is 0 Å². The van der Waals surface area contributed by atoms with Crippen LogP contribution < -0.4 is 9.80 Å². The number of carbonyl (C=O) groups is 2. The minimum atomic E-state index is -0.338. The van der Waals surface area contributed by atoms with Gasteiger partial charge in [-0.25, -0.2) is 4.90 Å². The highest BCUT2D eigenvalue weighted by molar-refractivity contribution is 6.22. The predicted octanol–water partition coefficient (Wildman–Crippen LogP) is 2.76. The number of carbonyl (C=O) groups excluding carboxylic acids is 2. The summed E-state index contributed by atoms with van der Waals surface area (Å²) in [5.41, 5.74) is 3.95. The summed E-state index contributed by atoms with van der Waals surface area (Å²) in [6.07, 6.45) is 0.275. The second-order valence-electron chi connectivity index (χ2n) is 7.44. The SMILES string of the molecule is Cc1ccc(C)c(N2C(=O)C[C@@H](N3CCN(c4ccccc4)CC3)C2=O)c1. The van der Waals surface area contributed by atoms with Crippen LogP contribution in [0.25, 0.3) is 0 Å². The largest absolute Gasteiger partial charge is 0.369 e. The van der Waals surface area contributed by atoms with E-state index in [9.17, 15) is 9.59 Å². The smallest absolute Gasteiger partial charge is 0.251 e. The lowest BCUT2D eigenvalue weighted by molar-refractivity contribution is -0.123. The predicted molar refractivity (Wildman–Crippen MR) is 107 cm³/mol. The number of hydrogen-bond acceptors (Lipinski definition) is 4. The molecule has 0 saturated carbocycles. The topological polar surface area (TPSA) is 43.9 Å². The van der Waals surface area contributed by atoms with Crippen LogP contribution in [-0.4, -0.2) is 48.9 Å². The number of imide groups is 1. The molecule has 0 spiro atoms. The van der Waals surface area contributed by atoms with E-state index in [4.69, 9.17) is 0 Å². The molecule has 0 aliphatic carbocycles. The summed E-state index contributed by atoms with van der Waals surface area (Å²) in [5, 5.41) is 0. The molecule has 0 radical (unpaired) electrons. The van der Waals surface area contributed by atoms with Gasteiger partial charge in [0.05, 0.1) is 18.2 Å². The van der Waals surface area contributed by atoms with Gasteiger partial charge in [-0.15, -0.1) is 0 Å². The van der Waals surface area contributed by atoms with E-state index in [1.54, 1.807) is 0 Å². The minimum Gasteiger partial charge on any atom is -0.369 e. The van der Waals surface area contributed by atoms with Gasteiger partial charge in [-0.2, -0.15) is 0 Å². The lowest BCUT2D eigenvalue weighted by Crippen LogP contribution is -2.52. The maximum absolute atomic E-state index is 13.1. The van der Waals surface area contributed by atoms with E-state index in [2.05, 4.69) is 21.9 Å². The highest BCUT2D eigenvalue weighted by atomic mass is 16.2. The number of aryl methyl sites for hydroxylation is 2. The molecule has 2 fully saturated rings. The van der Waals surface area contributed by atoms with E-state index in [1.807, 2.05) is 50.2 Å². The van der Waals surface area contributed by atoms with Crippen LogP contribution in [0.4, 0.5) is 11.4 Å². The van der Waals surface area contributed by atoms with Gasteiger partial charge in [-0.05, 0) is 43.2 Å². The molecule has 2 amide bonds. The van der Waals surface area contributed by atoms with E-state index in [0.717, 1.165) is 43.0 Å². The van der Waals surface area contributed by atoms with Gasteiger partial charge >= 0.3 is 0 Å². The van der Waals surface area contributed by atoms with Crippen LogP contribution in [0.15, 0.2) is 48.5 Å². The first-order valence-corrected chi connectivity index (χ1v) is 9.52. The van der Waals surface area contributed by atoms with E-state index in [0.29, 0.717) is 0 Å². The first-order valence-electron chi connectivity index (χ1n) is 9.52. The zero-order chi connectivity index (χ0) is 19.0. The summed E-state index contributed by atoms with van der Waals surface area (Å²) in [4.78, 5) is 31.6. The van der Waals surface area contributed by atoms with Crippen molar-refractivity contribution in [1.82, 2.24) is 4.90 Å². The third kappa shape index (κ3) is 3.35. The number of amides is 2. The van der Waals surface area contributed by atoms with Crippen LogP contribution in [0.5, 0.6) is 0 Å². The van der Waals surface area contributed by atoms with E-state index in [1.165, 1.54) is 10.6 Å². The molecule has 2 heterocycles. The fraction of sp³-hybridized carbons (Fsp3) is 0.364. The normalized spacial score (nSPS) is 21.2. The highest BCUT2D eigenvalue weighted by Gasteiger charge is 2.43. The van der Waals surface area contributed by atoms with Gasteiger partial charge in [0, 0.05) is 31.9 Å². The molecular formula is C22H25N3O2. The van der Waals surface area contributed by atoms with Crippen LogP contribution in [0.3, 0.4) is 0 Å². The van der Waals surface area contributed by atoms with Gasteiger partial charge in [0.2, 0.25) is 5.91 Å². The molecule has 0 aromatic heterocycles. The van der Waals surface area contributed by atoms with Crippen LogP contribution in [0.2, 0.25) is 0 Å². The zero-order valence-electron chi connectivity index (χ0n) is 15.9. The Bertz CT molecular complexity index is 857. The highest BCUT2D eigenvalue weighted by Crippen LogP contribution is 2.30. The summed E-state index contributed by atoms with van der Waals surface area (Å²) < 4.78 is 0. The monoisotopic (exact) mass is 363 g/mol. The second-order valence-corrected chi connectivity index (χ2v) is 7.44. The molecule has 27 heavy (non-hydrogen) atoms. The van der Waals surface area contributed by atoms with Gasteiger partial charge in [0.15, 0.2) is 0 Å². The fourth-order valence-electron chi connectivity index (χ4n) is 4.05. The van der Waals surface area contributed by atoms with Gasteiger partial charge in [-0.3, -0.25) is 14.5 Å². The molecule has 140 valence electrons. The van der Waals surface area contributed by atoms with Crippen molar-refractivity contribution in [2.45, 2.75) is 26.3 Å². The Balaban J connectivity index is 1.47. The zero-order valence-corrected chi connectivity index (χ0v) is 15.9. The molecule has 5 heteroatoms. The number of rotatable bonds is 3. The van der Waals surface area contributed by atoms with Crippen LogP contribution >= 0.6 is 0 Å². The third-order valence-corrected chi connectivity index (χ3v) is 5.60. The van der Waals surface area contributed by atoms with Crippen LogP contribution in [0, 0.1) is 13.8 Å². The Labute approximate surface area is 160 Å². The first-order chi connectivity index (χ1) is 13.0. The fourth-order valence-corrected chi connectivity index (χ4v) is 4.05. The van der Waals surface area contributed by atoms with Crippen molar-refractivity contribution in [3.05, 3.63) is 59.7 Å². The summed E-state index contributed by atoms with van der Waals surface area (Å²) in [6.45, 7) is 7.24. The molecule has 0 N–H and O–H groups in total. The Kier molecular flexibility index (Phi) is 4.70. The number of para-hydroxylation sites is 1. The standard InChI is InChI=1S/C22H25N3O2/c1-16-8-9-17(2)19(14-16)25-21(26)15-20(22(25)27)24-12-10-23(11-13-24)18-6-4-3-5-7-18/h3-9,14,20H,10-13,15H2,1-2H3/t20-/m1/s1. The molecule has 0 bridgehead atoms. The van der Waals surface area contributed by atoms with Crippen LogP contribution in [-0.2, 0) is 9.59 Å². The average molecular weight is 363 g/mol. The van der Waals surface area contributed by atoms with Gasteiger partial charge in [0.25, 0.3) is 5.91 Å². The summed E-state index contributed by atoms with van der Waals surface area (Å²) in [5.74, 6) is -0.175. The summed E-state index contributed by atoms with van der Waals surface area (Å²) in [6, 6.07) is 15.9. The molecule has 2 aromatic rings. The van der Waals surface area contributed by atoms with Gasteiger partial charge in [0.1, 0.15) is 0 Å². The lowest BCUT2D eigenvalue weighted by atomic mass is 10.1. The Morgan fingerprint density at radius 3 is 2.30 bits per heavy atom. The van der Waals surface area contributed by atoms with Crippen molar-refractivity contribution < 1.29 is 9.59 Å². The quantitative estimate of drug-likeness (QED) is 0.787. The molecule has 2 aliphatic heterocycles. The van der Waals surface area contributed by atoms with Crippen molar-refractivity contribution in [1.29, 1.82) is 0 Å². The maximum Gasteiger partial charge on any atom is 0.251 e. The molecule has 2 aliphatic rings. The molecule has 2 aromatic carbocycles. The number of hydrogen-bond donors (Lipinski definition) is 0. The summed E-state index contributed by atoms with van der Waals surface area (Å²) in [7, 11) is 0. The lowest BCUT2D eigenvalue weighted by Gasteiger charge is -2.38. The molecule has 5 nitrogen and oxygen atoms in total. The second kappa shape index (κ2) is 7.16. The summed E-state index contributed by atoms with van der Waals surface area (Å²) >= 11 is 0. The molecular weight excluding hydrogens is 338 g/mol. The van der Waals surface area contributed by atoms with E-state index < -0.39 is 0 Å². The van der Waals surface area contributed by atoms with Crippen molar-refractivity contribution in [2.24, 2.45) is 0 Å². The van der Waals surface area contributed by atoms with Crippen molar-refractivity contribution >= 4 is 23.2 Å². The van der Waals surface area contributed by atoms with Gasteiger partial charge in [-0.1, -0.05) is 30.3 Å². The molecule has 0 unspecified atom stereocenters. The van der Waals surface area contributed by atoms with Crippen LogP contribution in [0.1, 0.15) is 17.5 Å². The molecule has 2 saturated heterocycles. The Morgan fingerprint density at radius 2 is 1.59 bits per heavy atom. The van der Waals surface area contributed by atoms with Crippen molar-refractivity contribution in [3.63, 3.8) is 0 Å². The number of piperazine rings is 1. The van der Waals surface area contributed by atoms with Crippen molar-refractivity contribution in [3.8, 4) is 0 Å². The first kappa shape index (κ1) is 17.7. The number of benzene rings is 2. The van der Waals surface area contributed by atoms with E-state index in [-0.39, 0.29) is 24.3 Å². The molecule has 4 rings (SSSR count). The molecule has 1 atom stereocenters. The third-order valence-electron chi connectivity index (χ3n) is 5.60. The Hall–Kier alpha value is -2.66. The average Bonchev–Trinajstić information content (AvgIpc) is 2.99. The maximum atomic E-state index is 13.1. The minimum absolute atomic E-state index is 0.0816. The number of nitrogens with zero attached hydrogens (tertiary/aromatic N) is 3. The van der Waals surface area contributed by atoms with Crippen molar-refractivity contribution in [2.75, 3.05) is 36.0 Å².